The van der Waals surface area contributed by atoms with Crippen LogP contribution >= 0.6 is 0 Å². The summed E-state index contributed by atoms with van der Waals surface area (Å²) in [6.07, 6.45) is 7.51. The molecule has 0 aliphatic carbocycles. The van der Waals surface area contributed by atoms with E-state index >= 15 is 0 Å². The van der Waals surface area contributed by atoms with Crippen LogP contribution in [0.4, 0.5) is 0 Å². The number of hydrogen-bond donors (Lipinski definition) is 1. The summed E-state index contributed by atoms with van der Waals surface area (Å²) in [6, 6.07) is 4.05. The molecule has 2 aliphatic rings. The molecule has 0 radical (unpaired) electrons. The number of carbonyl (C=O) groups is 1. The van der Waals surface area contributed by atoms with Crippen molar-refractivity contribution in [3.63, 3.8) is 0 Å². The van der Waals surface area contributed by atoms with Gasteiger partial charge in [-0.15, -0.1) is 0 Å². The lowest BCUT2D eigenvalue weighted by Crippen LogP contribution is -2.58. The Morgan fingerprint density at radius 3 is 2.50 bits per heavy atom. The number of nitrogens with one attached hydrogen (secondary N) is 1. The predicted molar refractivity (Wildman–Crippen MR) is 124 cm³/mol. The topological polar surface area (TPSA) is 80.2 Å². The Labute approximate surface area is 191 Å². The molecule has 2 saturated heterocycles. The quantitative estimate of drug-likeness (QED) is 0.786. The van der Waals surface area contributed by atoms with E-state index in [1.807, 2.05) is 24.0 Å². The van der Waals surface area contributed by atoms with Crippen molar-refractivity contribution in [2.75, 3.05) is 19.7 Å². The fourth-order valence-corrected chi connectivity index (χ4v) is 5.58. The molecule has 0 unspecified atom stereocenters. The first-order chi connectivity index (χ1) is 15.1. The molecule has 7 nitrogen and oxygen atoms in total. The van der Waals surface area contributed by atoms with E-state index in [2.05, 4.69) is 43.0 Å². The van der Waals surface area contributed by atoms with Gasteiger partial charge in [0, 0.05) is 47.7 Å². The fraction of sp³-hybridized carbons (Fsp3) is 0.600. The normalized spacial score (nSPS) is 23.2. The van der Waals surface area contributed by atoms with Crippen molar-refractivity contribution in [2.24, 2.45) is 5.92 Å². The maximum absolute atomic E-state index is 13.2. The number of aromatic nitrogens is 3. The van der Waals surface area contributed by atoms with Crippen molar-refractivity contribution in [3.05, 3.63) is 42.2 Å². The summed E-state index contributed by atoms with van der Waals surface area (Å²) in [5, 5.41) is 3.71. The zero-order valence-electron chi connectivity index (χ0n) is 19.9. The van der Waals surface area contributed by atoms with Crippen LogP contribution in [0.5, 0.6) is 0 Å². The van der Waals surface area contributed by atoms with Gasteiger partial charge in [0.25, 0.3) is 0 Å². The second-order valence-electron chi connectivity index (χ2n) is 10.6. The minimum atomic E-state index is -0.225. The van der Waals surface area contributed by atoms with E-state index in [1.54, 1.807) is 12.4 Å². The molecule has 1 atom stereocenters. The first-order valence-electron chi connectivity index (χ1n) is 11.5. The Kier molecular flexibility index (Phi) is 6.32. The lowest BCUT2D eigenvalue weighted by atomic mass is 9.74. The smallest absolute Gasteiger partial charge is 0.223 e. The summed E-state index contributed by atoms with van der Waals surface area (Å²) in [5.41, 5.74) is 3.81. The summed E-state index contributed by atoms with van der Waals surface area (Å²) < 4.78 is 6.05. The van der Waals surface area contributed by atoms with E-state index in [1.165, 1.54) is 6.33 Å². The summed E-state index contributed by atoms with van der Waals surface area (Å²) >= 11 is 0. The highest BCUT2D eigenvalue weighted by Crippen LogP contribution is 2.35. The largest absolute Gasteiger partial charge is 0.368 e. The Morgan fingerprint density at radius 1 is 1.12 bits per heavy atom. The summed E-state index contributed by atoms with van der Waals surface area (Å²) in [6.45, 7) is 12.6. The van der Waals surface area contributed by atoms with Crippen molar-refractivity contribution in [1.29, 1.82) is 0 Å². The summed E-state index contributed by atoms with van der Waals surface area (Å²) in [5.74, 6) is 0.609. The molecule has 2 aromatic heterocycles. The lowest BCUT2D eigenvalue weighted by Gasteiger charge is -2.47. The van der Waals surface area contributed by atoms with Gasteiger partial charge in [0.05, 0.1) is 18.8 Å². The zero-order valence-corrected chi connectivity index (χ0v) is 19.9. The molecule has 4 heterocycles. The van der Waals surface area contributed by atoms with Gasteiger partial charge < -0.3 is 15.0 Å². The molecule has 1 N–H and O–H groups in total. The van der Waals surface area contributed by atoms with Crippen molar-refractivity contribution < 1.29 is 9.53 Å². The number of hydrogen-bond acceptors (Lipinski definition) is 6. The summed E-state index contributed by atoms with van der Waals surface area (Å²) in [4.78, 5) is 28.2. The van der Waals surface area contributed by atoms with Crippen molar-refractivity contribution in [2.45, 2.75) is 71.1 Å². The Bertz CT molecular complexity index is 944. The van der Waals surface area contributed by atoms with Gasteiger partial charge in [-0.2, -0.15) is 0 Å². The molecule has 0 bridgehead atoms. The monoisotopic (exact) mass is 437 g/mol. The SMILES string of the molecule is Cc1cc(-c2cncnc2)cc([C@H]2CN(C(=O)CC3CC(C)(C)NC(C)(C)C3)CCO2)n1. The molecule has 0 aromatic carbocycles. The van der Waals surface area contributed by atoms with Gasteiger partial charge in [-0.3, -0.25) is 9.78 Å². The van der Waals surface area contributed by atoms with E-state index in [0.29, 0.717) is 32.0 Å². The van der Waals surface area contributed by atoms with Gasteiger partial charge in [0.2, 0.25) is 5.91 Å². The van der Waals surface area contributed by atoms with Crippen molar-refractivity contribution >= 4 is 5.91 Å². The van der Waals surface area contributed by atoms with Gasteiger partial charge in [-0.1, -0.05) is 0 Å². The molecule has 2 aliphatic heterocycles. The molecule has 1 amide bonds. The number of ether oxygens (including phenoxy) is 1. The van der Waals surface area contributed by atoms with E-state index in [0.717, 1.165) is 35.4 Å². The van der Waals surface area contributed by atoms with Crippen LogP contribution < -0.4 is 5.32 Å². The Balaban J connectivity index is 1.46. The van der Waals surface area contributed by atoms with Crippen molar-refractivity contribution in [3.8, 4) is 11.1 Å². The third-order valence-corrected chi connectivity index (χ3v) is 6.35. The van der Waals surface area contributed by atoms with Crippen LogP contribution in [0.25, 0.3) is 11.1 Å². The number of piperidine rings is 1. The minimum Gasteiger partial charge on any atom is -0.368 e. The maximum atomic E-state index is 13.2. The Morgan fingerprint density at radius 2 is 1.81 bits per heavy atom. The molecule has 7 heteroatoms. The third-order valence-electron chi connectivity index (χ3n) is 6.35. The van der Waals surface area contributed by atoms with E-state index in [-0.39, 0.29) is 23.1 Å². The zero-order chi connectivity index (χ0) is 22.9. The highest BCUT2D eigenvalue weighted by molar-refractivity contribution is 5.76. The van der Waals surface area contributed by atoms with Gasteiger partial charge in [0.15, 0.2) is 0 Å². The van der Waals surface area contributed by atoms with Gasteiger partial charge in [-0.05, 0) is 71.1 Å². The summed E-state index contributed by atoms with van der Waals surface area (Å²) in [7, 11) is 0. The number of pyridine rings is 1. The van der Waals surface area contributed by atoms with Crippen LogP contribution in [0.1, 0.15) is 64.4 Å². The number of morpholine rings is 1. The highest BCUT2D eigenvalue weighted by atomic mass is 16.5. The predicted octanol–water partition coefficient (Wildman–Crippen LogP) is 3.69. The van der Waals surface area contributed by atoms with E-state index in [4.69, 9.17) is 9.72 Å². The van der Waals surface area contributed by atoms with Crippen LogP contribution in [-0.2, 0) is 9.53 Å². The van der Waals surface area contributed by atoms with E-state index in [9.17, 15) is 4.79 Å². The minimum absolute atomic E-state index is 0.0449. The molecule has 172 valence electrons. The number of amides is 1. The Hall–Kier alpha value is -2.38. The molecular formula is C25H35N5O2. The number of rotatable bonds is 4. The number of carbonyl (C=O) groups excluding carboxylic acids is 1. The molecule has 4 rings (SSSR count). The second kappa shape index (κ2) is 8.87. The van der Waals surface area contributed by atoms with Gasteiger partial charge >= 0.3 is 0 Å². The third kappa shape index (κ3) is 5.51. The average Bonchev–Trinajstić information content (AvgIpc) is 2.72. The molecular weight excluding hydrogens is 402 g/mol. The van der Waals surface area contributed by atoms with Crippen LogP contribution in [0, 0.1) is 12.8 Å². The second-order valence-corrected chi connectivity index (χ2v) is 10.6. The first kappa shape index (κ1) is 22.8. The number of nitrogens with zero attached hydrogens (tertiary/aromatic N) is 4. The van der Waals surface area contributed by atoms with Crippen LogP contribution in [0.2, 0.25) is 0 Å². The van der Waals surface area contributed by atoms with Gasteiger partial charge in [-0.25, -0.2) is 9.97 Å². The molecule has 2 fully saturated rings. The molecule has 2 aromatic rings. The van der Waals surface area contributed by atoms with E-state index < -0.39 is 0 Å². The van der Waals surface area contributed by atoms with Crippen LogP contribution in [-0.4, -0.2) is 56.5 Å². The maximum Gasteiger partial charge on any atom is 0.223 e. The standard InChI is InChI=1S/C25H35N5O2/c1-17-8-19(20-13-26-16-27-14-20)10-21(28-17)22-15-30(6-7-32-22)23(31)9-18-11-24(2,3)29-25(4,5)12-18/h8,10,13-14,16,18,22,29H,6-7,9,11-12,15H2,1-5H3/t22-/m1/s1. The fourth-order valence-electron chi connectivity index (χ4n) is 5.58. The molecule has 0 saturated carbocycles. The van der Waals surface area contributed by atoms with Crippen LogP contribution in [0.3, 0.4) is 0 Å². The van der Waals surface area contributed by atoms with Gasteiger partial charge in [0.1, 0.15) is 12.4 Å². The average molecular weight is 438 g/mol. The molecule has 0 spiro atoms. The lowest BCUT2D eigenvalue weighted by molar-refractivity contribution is -0.140. The first-order valence-corrected chi connectivity index (χ1v) is 11.5. The highest BCUT2D eigenvalue weighted by Gasteiger charge is 2.39. The van der Waals surface area contributed by atoms with Crippen LogP contribution in [0.15, 0.2) is 30.9 Å². The number of aryl methyl sites for hydroxylation is 1. The van der Waals surface area contributed by atoms with Crippen molar-refractivity contribution in [1.82, 2.24) is 25.2 Å². The molecule has 32 heavy (non-hydrogen) atoms.